The van der Waals surface area contributed by atoms with Gasteiger partial charge in [-0.15, -0.1) is 0 Å². The van der Waals surface area contributed by atoms with Gasteiger partial charge in [0.05, 0.1) is 6.10 Å². The van der Waals surface area contributed by atoms with Gasteiger partial charge in [-0.25, -0.2) is 0 Å². The fraction of sp³-hybridized carbons (Fsp3) is 1.00. The van der Waals surface area contributed by atoms with Crippen molar-refractivity contribution >= 4 is 10.2 Å². The normalized spacial score (nSPS) is 14.0. The van der Waals surface area contributed by atoms with Crippen LogP contribution in [0, 0.1) is 0 Å². The lowest BCUT2D eigenvalue weighted by Crippen LogP contribution is -2.25. The maximum absolute atomic E-state index is 8.80. The first kappa shape index (κ1) is 9.14. The highest BCUT2D eigenvalue weighted by Crippen LogP contribution is 1.81. The number of aliphatic hydroxyl groups excluding tert-OH is 1. The monoisotopic (exact) mass is 147 g/mol. The van der Waals surface area contributed by atoms with Gasteiger partial charge in [0, 0.05) is 16.8 Å². The van der Waals surface area contributed by atoms with E-state index in [4.69, 9.17) is 5.11 Å². The molecule has 0 saturated heterocycles. The Morgan fingerprint density at radius 1 is 1.67 bits per heavy atom. The Morgan fingerprint density at radius 2 is 2.33 bits per heavy atom. The Hall–Kier alpha value is 0.137. The number of rotatable bonds is 5. The summed E-state index contributed by atoms with van der Waals surface area (Å²) in [4.78, 5) is 0. The van der Waals surface area contributed by atoms with Crippen molar-refractivity contribution in [1.29, 1.82) is 0 Å². The number of hydrogen-bond acceptors (Lipinski definition) is 2. The largest absolute Gasteiger partial charge is 0.392 e. The Balaban J connectivity index is 2.75. The van der Waals surface area contributed by atoms with Gasteiger partial charge in [0.15, 0.2) is 0 Å². The van der Waals surface area contributed by atoms with Crippen LogP contribution in [0.5, 0.6) is 0 Å². The van der Waals surface area contributed by atoms with Crippen molar-refractivity contribution in [3.63, 3.8) is 0 Å². The minimum absolute atomic E-state index is 0.195. The molecule has 0 radical (unpaired) electrons. The second-order valence-corrected chi connectivity index (χ2v) is 3.41. The molecule has 0 aliphatic rings. The summed E-state index contributed by atoms with van der Waals surface area (Å²) in [7, 11) is 1.30. The fourth-order valence-electron chi connectivity index (χ4n) is 0.613. The molecule has 2 nitrogen and oxygen atoms in total. The van der Waals surface area contributed by atoms with Gasteiger partial charge in [-0.3, -0.25) is 0 Å². The van der Waals surface area contributed by atoms with Crippen LogP contribution in [-0.2, 0) is 0 Å². The Labute approximate surface area is 60.1 Å². The molecule has 9 heavy (non-hydrogen) atoms. The van der Waals surface area contributed by atoms with Crippen LogP contribution in [-0.4, -0.2) is 34.5 Å². The average molecular weight is 147 g/mol. The smallest absolute Gasteiger partial charge is 0.0636 e. The minimum atomic E-state index is -0.195. The molecule has 3 heteroatoms. The third-order valence-corrected chi connectivity index (χ3v) is 1.85. The summed E-state index contributed by atoms with van der Waals surface area (Å²) < 4.78 is 0. The topological polar surface area (TPSA) is 32.3 Å². The fourth-order valence-corrected chi connectivity index (χ4v) is 0.966. The van der Waals surface area contributed by atoms with Gasteiger partial charge in [0.25, 0.3) is 0 Å². The van der Waals surface area contributed by atoms with Crippen molar-refractivity contribution in [2.45, 2.75) is 25.5 Å². The highest BCUT2D eigenvalue weighted by molar-refractivity contribution is 6.08. The molecule has 0 aliphatic carbocycles. The first-order chi connectivity index (χ1) is 4.27. The summed E-state index contributed by atoms with van der Waals surface area (Å²) in [6, 6.07) is 1.35. The van der Waals surface area contributed by atoms with Gasteiger partial charge < -0.3 is 10.4 Å². The molecule has 0 bridgehead atoms. The van der Waals surface area contributed by atoms with Gasteiger partial charge in [-0.05, 0) is 19.9 Å². The molecule has 0 rings (SSSR count). The van der Waals surface area contributed by atoms with E-state index >= 15 is 0 Å². The van der Waals surface area contributed by atoms with Crippen molar-refractivity contribution in [3.8, 4) is 0 Å². The van der Waals surface area contributed by atoms with E-state index < -0.39 is 0 Å². The van der Waals surface area contributed by atoms with E-state index in [9.17, 15) is 0 Å². The SMILES string of the molecule is CC(O)CNCCC[SiH3]. The van der Waals surface area contributed by atoms with E-state index in [2.05, 4.69) is 5.32 Å². The summed E-state index contributed by atoms with van der Waals surface area (Å²) in [5, 5.41) is 12.0. The second kappa shape index (κ2) is 6.26. The lowest BCUT2D eigenvalue weighted by Gasteiger charge is -2.04. The van der Waals surface area contributed by atoms with Crippen LogP contribution in [0.25, 0.3) is 0 Å². The van der Waals surface area contributed by atoms with Crippen LogP contribution in [0.15, 0.2) is 0 Å². The molecule has 0 spiro atoms. The summed E-state index contributed by atoms with van der Waals surface area (Å²) in [5.41, 5.74) is 0. The second-order valence-electron chi connectivity index (χ2n) is 2.41. The van der Waals surface area contributed by atoms with Crippen LogP contribution in [0.2, 0.25) is 6.04 Å². The van der Waals surface area contributed by atoms with Crippen LogP contribution in [0.1, 0.15) is 13.3 Å². The van der Waals surface area contributed by atoms with Crippen LogP contribution >= 0.6 is 0 Å². The Kier molecular flexibility index (Phi) is 6.35. The quantitative estimate of drug-likeness (QED) is 0.391. The summed E-state index contributed by atoms with van der Waals surface area (Å²) >= 11 is 0. The molecule has 0 fully saturated rings. The standard InChI is InChI=1S/C6H17NOSi/c1-6(8)5-7-3-2-4-9/h6-8H,2-5H2,1,9H3. The van der Waals surface area contributed by atoms with E-state index in [0.717, 1.165) is 13.1 Å². The number of nitrogens with one attached hydrogen (secondary N) is 1. The third kappa shape index (κ3) is 8.14. The van der Waals surface area contributed by atoms with E-state index in [1.54, 1.807) is 6.92 Å². The molecule has 1 unspecified atom stereocenters. The van der Waals surface area contributed by atoms with Gasteiger partial charge in [-0.2, -0.15) is 0 Å². The summed E-state index contributed by atoms with van der Waals surface area (Å²) in [6.45, 7) is 3.60. The highest BCUT2D eigenvalue weighted by Gasteiger charge is 1.91. The molecule has 0 aromatic carbocycles. The zero-order valence-electron chi connectivity index (χ0n) is 6.35. The summed E-state index contributed by atoms with van der Waals surface area (Å²) in [5.74, 6) is 0. The van der Waals surface area contributed by atoms with E-state index in [0.29, 0.717) is 0 Å². The third-order valence-electron chi connectivity index (χ3n) is 1.15. The van der Waals surface area contributed by atoms with E-state index in [-0.39, 0.29) is 6.10 Å². The molecule has 0 aliphatic heterocycles. The van der Waals surface area contributed by atoms with Crippen molar-refractivity contribution in [1.82, 2.24) is 5.32 Å². The first-order valence-corrected chi connectivity index (χ1v) is 5.07. The maximum atomic E-state index is 8.80. The molecule has 2 N–H and O–H groups in total. The molecule has 56 valence electrons. The predicted molar refractivity (Wildman–Crippen MR) is 43.9 cm³/mol. The first-order valence-electron chi connectivity index (χ1n) is 3.66. The summed E-state index contributed by atoms with van der Waals surface area (Å²) in [6.07, 6.45) is 1.07. The van der Waals surface area contributed by atoms with Gasteiger partial charge in [0.2, 0.25) is 0 Å². The lowest BCUT2D eigenvalue weighted by molar-refractivity contribution is 0.191. The average Bonchev–Trinajstić information content (AvgIpc) is 1.80. The predicted octanol–water partition coefficient (Wildman–Crippen LogP) is -0.869. The van der Waals surface area contributed by atoms with Crippen LogP contribution in [0.3, 0.4) is 0 Å². The molecule has 0 heterocycles. The number of aliphatic hydroxyl groups is 1. The maximum Gasteiger partial charge on any atom is 0.0636 e. The highest BCUT2D eigenvalue weighted by atomic mass is 28.1. The number of hydrogen-bond donors (Lipinski definition) is 2. The van der Waals surface area contributed by atoms with Gasteiger partial charge in [0.1, 0.15) is 0 Å². The van der Waals surface area contributed by atoms with Crippen molar-refractivity contribution in [3.05, 3.63) is 0 Å². The molecule has 0 aromatic heterocycles. The van der Waals surface area contributed by atoms with E-state index in [1.165, 1.54) is 22.7 Å². The van der Waals surface area contributed by atoms with Gasteiger partial charge >= 0.3 is 0 Å². The van der Waals surface area contributed by atoms with Crippen LogP contribution in [0.4, 0.5) is 0 Å². The molecule has 0 saturated carbocycles. The van der Waals surface area contributed by atoms with Crippen LogP contribution < -0.4 is 5.32 Å². The molecule has 1 atom stereocenters. The molecular weight excluding hydrogens is 130 g/mol. The minimum Gasteiger partial charge on any atom is -0.392 e. The van der Waals surface area contributed by atoms with Gasteiger partial charge in [-0.1, -0.05) is 6.04 Å². The zero-order valence-corrected chi connectivity index (χ0v) is 8.35. The lowest BCUT2D eigenvalue weighted by atomic mass is 10.4. The molecule has 0 amide bonds. The van der Waals surface area contributed by atoms with Crippen molar-refractivity contribution in [2.75, 3.05) is 13.1 Å². The van der Waals surface area contributed by atoms with Crippen molar-refractivity contribution < 1.29 is 5.11 Å². The molecule has 0 aromatic rings. The Morgan fingerprint density at radius 3 is 2.78 bits per heavy atom. The molecular formula is C6H17NOSi. The van der Waals surface area contributed by atoms with E-state index in [1.807, 2.05) is 0 Å². The van der Waals surface area contributed by atoms with Crippen molar-refractivity contribution in [2.24, 2.45) is 0 Å². The Bertz CT molecular complexity index is 59.0. The zero-order chi connectivity index (χ0) is 7.11.